The molecule has 0 unspecified atom stereocenters. The first-order valence-corrected chi connectivity index (χ1v) is 7.10. The number of methoxy groups -OCH3 is 1. The molecule has 0 aliphatic rings. The molecule has 1 heterocycles. The predicted octanol–water partition coefficient (Wildman–Crippen LogP) is 3.33. The molecule has 0 radical (unpaired) electrons. The fourth-order valence-electron chi connectivity index (χ4n) is 2.29. The molecule has 0 aliphatic heterocycles. The second-order valence-electron chi connectivity index (χ2n) is 5.07. The molecule has 6 heteroatoms. The minimum absolute atomic E-state index is 0.196. The van der Waals surface area contributed by atoms with Crippen molar-refractivity contribution in [3.8, 4) is 11.8 Å². The van der Waals surface area contributed by atoms with Gasteiger partial charge in [-0.2, -0.15) is 5.26 Å². The highest BCUT2D eigenvalue weighted by atomic mass is 16.5. The highest BCUT2D eigenvalue weighted by molar-refractivity contribution is 5.91. The number of aromatic nitrogens is 2. The predicted molar refractivity (Wildman–Crippen MR) is 89.5 cm³/mol. The second-order valence-corrected chi connectivity index (χ2v) is 5.07. The van der Waals surface area contributed by atoms with Crippen molar-refractivity contribution in [1.29, 1.82) is 5.26 Å². The molecule has 2 N–H and O–H groups in total. The normalized spacial score (nSPS) is 11.2. The minimum Gasteiger partial charge on any atom is -0.497 e. The molecule has 3 rings (SSSR count). The van der Waals surface area contributed by atoms with Crippen LogP contribution in [0.5, 0.6) is 5.75 Å². The Balaban J connectivity index is 1.98. The summed E-state index contributed by atoms with van der Waals surface area (Å²) in [6.45, 7) is 0. The minimum atomic E-state index is -0.989. The van der Waals surface area contributed by atoms with Crippen LogP contribution in [-0.4, -0.2) is 28.2 Å². The van der Waals surface area contributed by atoms with Gasteiger partial charge in [-0.15, -0.1) is 0 Å². The summed E-state index contributed by atoms with van der Waals surface area (Å²) in [6.07, 6.45) is 1.65. The molecule has 0 bridgehead atoms. The smallest absolute Gasteiger partial charge is 0.335 e. The molecule has 0 spiro atoms. The zero-order valence-electron chi connectivity index (χ0n) is 12.8. The summed E-state index contributed by atoms with van der Waals surface area (Å²) in [4.78, 5) is 18.4. The van der Waals surface area contributed by atoms with Gasteiger partial charge in [0.25, 0.3) is 0 Å². The van der Waals surface area contributed by atoms with E-state index in [9.17, 15) is 10.1 Å². The van der Waals surface area contributed by atoms with Gasteiger partial charge >= 0.3 is 5.97 Å². The fraction of sp³-hybridized carbons (Fsp3) is 0.0556. The average Bonchev–Trinajstić information content (AvgIpc) is 3.02. The SMILES string of the molecule is COc1ccc2nc(/C(C#N)=C\c3ccc(C(=O)O)cc3)[nH]c2c1. The molecule has 0 saturated heterocycles. The topological polar surface area (TPSA) is 99.0 Å². The van der Waals surface area contributed by atoms with Crippen LogP contribution in [0.2, 0.25) is 0 Å². The molecule has 3 aromatic rings. The summed E-state index contributed by atoms with van der Waals surface area (Å²) in [7, 11) is 1.58. The van der Waals surface area contributed by atoms with Crippen LogP contribution in [0.25, 0.3) is 22.7 Å². The van der Waals surface area contributed by atoms with E-state index in [1.807, 2.05) is 12.1 Å². The molecule has 0 saturated carbocycles. The molecular weight excluding hydrogens is 306 g/mol. The van der Waals surface area contributed by atoms with Gasteiger partial charge in [0.2, 0.25) is 0 Å². The number of carboxylic acids is 1. The number of benzene rings is 2. The van der Waals surface area contributed by atoms with Crippen LogP contribution in [0.15, 0.2) is 42.5 Å². The number of carbonyl (C=O) groups is 1. The molecule has 0 aliphatic carbocycles. The Bertz CT molecular complexity index is 979. The standard InChI is InChI=1S/C18H13N3O3/c1-24-14-6-7-15-16(9-14)21-17(20-15)13(10-19)8-11-2-4-12(5-3-11)18(22)23/h2-9H,1H3,(H,20,21)(H,22,23)/b13-8-. The van der Waals surface area contributed by atoms with Crippen LogP contribution in [0.3, 0.4) is 0 Å². The number of allylic oxidation sites excluding steroid dienone is 1. The average molecular weight is 319 g/mol. The second kappa shape index (κ2) is 6.26. The Morgan fingerprint density at radius 1 is 1.29 bits per heavy atom. The van der Waals surface area contributed by atoms with Gasteiger partial charge in [0, 0.05) is 6.07 Å². The van der Waals surface area contributed by atoms with Crippen molar-refractivity contribution in [2.45, 2.75) is 0 Å². The van der Waals surface area contributed by atoms with Crippen LogP contribution < -0.4 is 4.74 Å². The number of H-pyrrole nitrogens is 1. The van der Waals surface area contributed by atoms with E-state index in [0.29, 0.717) is 17.1 Å². The van der Waals surface area contributed by atoms with E-state index in [0.717, 1.165) is 16.6 Å². The molecule has 1 aromatic heterocycles. The molecular formula is C18H13N3O3. The van der Waals surface area contributed by atoms with Crippen molar-refractivity contribution in [1.82, 2.24) is 9.97 Å². The number of fused-ring (bicyclic) bond motifs is 1. The van der Waals surface area contributed by atoms with Crippen molar-refractivity contribution in [3.63, 3.8) is 0 Å². The van der Waals surface area contributed by atoms with Crippen LogP contribution >= 0.6 is 0 Å². The quantitative estimate of drug-likeness (QED) is 0.719. The van der Waals surface area contributed by atoms with E-state index in [1.165, 1.54) is 12.1 Å². The lowest BCUT2D eigenvalue weighted by Crippen LogP contribution is -1.95. The molecule has 0 fully saturated rings. The number of rotatable bonds is 4. The maximum absolute atomic E-state index is 10.9. The largest absolute Gasteiger partial charge is 0.497 e. The number of nitriles is 1. The lowest BCUT2D eigenvalue weighted by atomic mass is 10.1. The number of nitrogens with one attached hydrogen (secondary N) is 1. The lowest BCUT2D eigenvalue weighted by Gasteiger charge is -1.98. The zero-order chi connectivity index (χ0) is 17.1. The fourth-order valence-corrected chi connectivity index (χ4v) is 2.29. The van der Waals surface area contributed by atoms with Crippen molar-refractivity contribution >= 4 is 28.7 Å². The number of carboxylic acid groups (broad SMARTS) is 1. The molecule has 2 aromatic carbocycles. The third-order valence-electron chi connectivity index (χ3n) is 3.53. The number of aromatic carboxylic acids is 1. The Labute approximate surface area is 137 Å². The molecule has 24 heavy (non-hydrogen) atoms. The van der Waals surface area contributed by atoms with Crippen LogP contribution in [-0.2, 0) is 0 Å². The summed E-state index contributed by atoms with van der Waals surface area (Å²) in [6, 6.07) is 13.8. The monoisotopic (exact) mass is 319 g/mol. The number of hydrogen-bond acceptors (Lipinski definition) is 4. The van der Waals surface area contributed by atoms with Gasteiger partial charge in [-0.3, -0.25) is 0 Å². The van der Waals surface area contributed by atoms with Gasteiger partial charge in [0.05, 0.1) is 29.3 Å². The third kappa shape index (κ3) is 2.96. The van der Waals surface area contributed by atoms with Gasteiger partial charge in [-0.05, 0) is 35.9 Å². The van der Waals surface area contributed by atoms with Crippen molar-refractivity contribution in [2.24, 2.45) is 0 Å². The highest BCUT2D eigenvalue weighted by Crippen LogP contribution is 2.22. The van der Waals surface area contributed by atoms with Crippen molar-refractivity contribution in [2.75, 3.05) is 7.11 Å². The number of ether oxygens (including phenoxy) is 1. The number of hydrogen-bond donors (Lipinski definition) is 2. The first-order chi connectivity index (χ1) is 11.6. The number of aromatic amines is 1. The summed E-state index contributed by atoms with van der Waals surface area (Å²) in [5.41, 5.74) is 2.77. The van der Waals surface area contributed by atoms with Crippen molar-refractivity contribution in [3.05, 3.63) is 59.4 Å². The summed E-state index contributed by atoms with van der Waals surface area (Å²) in [5.74, 6) is 0.157. The maximum atomic E-state index is 10.9. The van der Waals surface area contributed by atoms with Gasteiger partial charge in [-0.1, -0.05) is 12.1 Å². The number of imidazole rings is 1. The van der Waals surface area contributed by atoms with E-state index in [1.54, 1.807) is 31.4 Å². The molecule has 0 amide bonds. The van der Waals surface area contributed by atoms with E-state index >= 15 is 0 Å². The Hall–Kier alpha value is -3.59. The Morgan fingerprint density at radius 2 is 2.04 bits per heavy atom. The van der Waals surface area contributed by atoms with Gasteiger partial charge in [-0.25, -0.2) is 9.78 Å². The number of nitrogens with zero attached hydrogens (tertiary/aromatic N) is 2. The zero-order valence-corrected chi connectivity index (χ0v) is 12.8. The molecule has 0 atom stereocenters. The third-order valence-corrected chi connectivity index (χ3v) is 3.53. The molecule has 118 valence electrons. The Morgan fingerprint density at radius 3 is 2.67 bits per heavy atom. The summed E-state index contributed by atoms with van der Waals surface area (Å²) >= 11 is 0. The highest BCUT2D eigenvalue weighted by Gasteiger charge is 2.09. The first-order valence-electron chi connectivity index (χ1n) is 7.10. The summed E-state index contributed by atoms with van der Waals surface area (Å²) in [5, 5.41) is 18.3. The molecule has 6 nitrogen and oxygen atoms in total. The Kier molecular flexibility index (Phi) is 4.00. The van der Waals surface area contributed by atoms with E-state index in [-0.39, 0.29) is 5.56 Å². The van der Waals surface area contributed by atoms with Gasteiger partial charge in [0.15, 0.2) is 0 Å². The van der Waals surface area contributed by atoms with Crippen LogP contribution in [0, 0.1) is 11.3 Å². The van der Waals surface area contributed by atoms with Crippen LogP contribution in [0.1, 0.15) is 21.7 Å². The maximum Gasteiger partial charge on any atom is 0.335 e. The summed E-state index contributed by atoms with van der Waals surface area (Å²) < 4.78 is 5.17. The first kappa shape index (κ1) is 15.3. The van der Waals surface area contributed by atoms with Gasteiger partial charge < -0.3 is 14.8 Å². The van der Waals surface area contributed by atoms with E-state index < -0.39 is 5.97 Å². The lowest BCUT2D eigenvalue weighted by molar-refractivity contribution is 0.0697. The van der Waals surface area contributed by atoms with Crippen LogP contribution in [0.4, 0.5) is 0 Å². The van der Waals surface area contributed by atoms with E-state index in [4.69, 9.17) is 9.84 Å². The van der Waals surface area contributed by atoms with Gasteiger partial charge in [0.1, 0.15) is 17.6 Å². The van der Waals surface area contributed by atoms with E-state index in [2.05, 4.69) is 16.0 Å². The van der Waals surface area contributed by atoms with Crippen molar-refractivity contribution < 1.29 is 14.6 Å².